The molecule has 2 unspecified atom stereocenters. The molecule has 0 aliphatic carbocycles. The van der Waals surface area contributed by atoms with Crippen molar-refractivity contribution in [3.63, 3.8) is 0 Å². The molecule has 0 spiro atoms. The number of nitrogens with one attached hydrogen (secondary N) is 1. The van der Waals surface area contributed by atoms with E-state index in [9.17, 15) is 23.1 Å². The first-order valence-corrected chi connectivity index (χ1v) is 6.55. The molecule has 2 atom stereocenters. The number of hydrogen-bond acceptors (Lipinski definition) is 3. The number of hydrogen-bond donors (Lipinski definition) is 2. The van der Waals surface area contributed by atoms with Crippen LogP contribution in [-0.4, -0.2) is 17.1 Å². The third-order valence-electron chi connectivity index (χ3n) is 3.07. The minimum atomic E-state index is -1.63. The first kappa shape index (κ1) is 16.1. The van der Waals surface area contributed by atoms with Crippen molar-refractivity contribution in [3.8, 4) is 0 Å². The standard InChI is InChI=1S/C15H14F3NO3/c1-8(5-12(20)13-3-2-4-22-13)19-15(21)9-6-10(16)14(18)11(17)7-9/h2-4,6-8,12,20H,5H2,1H3,(H,19,21). The molecule has 1 aromatic heterocycles. The Bertz CT molecular complexity index is 635. The Morgan fingerprint density at radius 2 is 1.95 bits per heavy atom. The van der Waals surface area contributed by atoms with Gasteiger partial charge in [-0.25, -0.2) is 13.2 Å². The third-order valence-corrected chi connectivity index (χ3v) is 3.07. The van der Waals surface area contributed by atoms with Crippen molar-refractivity contribution in [1.29, 1.82) is 0 Å². The fraction of sp³-hybridized carbons (Fsp3) is 0.267. The van der Waals surface area contributed by atoms with E-state index in [1.807, 2.05) is 0 Å². The predicted molar refractivity (Wildman–Crippen MR) is 71.5 cm³/mol. The van der Waals surface area contributed by atoms with E-state index in [-0.39, 0.29) is 12.0 Å². The third kappa shape index (κ3) is 3.67. The Hall–Kier alpha value is -2.28. The zero-order chi connectivity index (χ0) is 16.3. The van der Waals surface area contributed by atoms with Gasteiger partial charge in [0.25, 0.3) is 5.91 Å². The Morgan fingerprint density at radius 1 is 1.32 bits per heavy atom. The number of amides is 1. The van der Waals surface area contributed by atoms with E-state index in [1.54, 1.807) is 19.1 Å². The second-order valence-electron chi connectivity index (χ2n) is 4.90. The lowest BCUT2D eigenvalue weighted by Gasteiger charge is -2.16. The summed E-state index contributed by atoms with van der Waals surface area (Å²) in [6.07, 6.45) is 0.629. The molecule has 0 aliphatic heterocycles. The molecule has 4 nitrogen and oxygen atoms in total. The SMILES string of the molecule is CC(CC(O)c1ccco1)NC(=O)c1cc(F)c(F)c(F)c1. The van der Waals surface area contributed by atoms with E-state index < -0.39 is 35.5 Å². The highest BCUT2D eigenvalue weighted by Gasteiger charge is 2.19. The number of benzene rings is 1. The van der Waals surface area contributed by atoms with E-state index in [4.69, 9.17) is 4.42 Å². The smallest absolute Gasteiger partial charge is 0.251 e. The molecule has 0 radical (unpaired) electrons. The van der Waals surface area contributed by atoms with Crippen LogP contribution in [-0.2, 0) is 0 Å². The molecule has 0 bridgehead atoms. The molecule has 0 aliphatic rings. The van der Waals surface area contributed by atoms with Crippen molar-refractivity contribution in [2.45, 2.75) is 25.5 Å². The summed E-state index contributed by atoms with van der Waals surface area (Å²) in [5, 5.41) is 12.3. The number of aliphatic hydroxyl groups excluding tert-OH is 1. The molecule has 2 N–H and O–H groups in total. The molecule has 1 aromatic carbocycles. The van der Waals surface area contributed by atoms with Gasteiger partial charge in [-0.05, 0) is 31.2 Å². The van der Waals surface area contributed by atoms with Gasteiger partial charge in [0.1, 0.15) is 11.9 Å². The maximum absolute atomic E-state index is 13.1. The fourth-order valence-corrected chi connectivity index (χ4v) is 1.98. The second-order valence-corrected chi connectivity index (χ2v) is 4.90. The largest absolute Gasteiger partial charge is 0.467 e. The highest BCUT2D eigenvalue weighted by molar-refractivity contribution is 5.94. The molecule has 0 saturated heterocycles. The van der Waals surface area contributed by atoms with Crippen LogP contribution in [0.2, 0.25) is 0 Å². The summed E-state index contributed by atoms with van der Waals surface area (Å²) in [7, 11) is 0. The predicted octanol–water partition coefficient (Wildman–Crippen LogP) is 2.94. The van der Waals surface area contributed by atoms with Crippen LogP contribution < -0.4 is 5.32 Å². The molecular formula is C15H14F3NO3. The van der Waals surface area contributed by atoms with Gasteiger partial charge in [-0.1, -0.05) is 0 Å². The zero-order valence-electron chi connectivity index (χ0n) is 11.6. The van der Waals surface area contributed by atoms with Crippen LogP contribution in [0, 0.1) is 17.5 Å². The summed E-state index contributed by atoms with van der Waals surface area (Å²) in [5.41, 5.74) is -0.337. The maximum atomic E-state index is 13.1. The van der Waals surface area contributed by atoms with Crippen molar-refractivity contribution in [3.05, 3.63) is 59.3 Å². The number of rotatable bonds is 5. The maximum Gasteiger partial charge on any atom is 0.251 e. The van der Waals surface area contributed by atoms with Gasteiger partial charge in [-0.3, -0.25) is 4.79 Å². The van der Waals surface area contributed by atoms with Crippen LogP contribution in [0.1, 0.15) is 35.6 Å². The van der Waals surface area contributed by atoms with Crippen LogP contribution in [0.5, 0.6) is 0 Å². The van der Waals surface area contributed by atoms with Crippen molar-refractivity contribution in [1.82, 2.24) is 5.32 Å². The van der Waals surface area contributed by atoms with E-state index in [1.165, 1.54) is 6.26 Å². The normalized spacial score (nSPS) is 13.7. The van der Waals surface area contributed by atoms with Gasteiger partial charge in [-0.2, -0.15) is 0 Å². The Kier molecular flexibility index (Phi) is 4.87. The summed E-state index contributed by atoms with van der Waals surface area (Å²) in [5.74, 6) is -4.92. The summed E-state index contributed by atoms with van der Waals surface area (Å²) in [4.78, 5) is 11.9. The van der Waals surface area contributed by atoms with E-state index >= 15 is 0 Å². The molecule has 2 aromatic rings. The Morgan fingerprint density at radius 3 is 2.50 bits per heavy atom. The average Bonchev–Trinajstić information content (AvgIpc) is 2.98. The van der Waals surface area contributed by atoms with E-state index in [2.05, 4.69) is 5.32 Å². The number of carbonyl (C=O) groups excluding carboxylic acids is 1. The van der Waals surface area contributed by atoms with Crippen molar-refractivity contribution in [2.75, 3.05) is 0 Å². The number of carbonyl (C=O) groups is 1. The molecule has 1 heterocycles. The number of halogens is 3. The lowest BCUT2D eigenvalue weighted by molar-refractivity contribution is 0.0902. The molecule has 7 heteroatoms. The van der Waals surface area contributed by atoms with Gasteiger partial charge in [0.2, 0.25) is 0 Å². The lowest BCUT2D eigenvalue weighted by atomic mass is 10.1. The first-order chi connectivity index (χ1) is 10.4. The number of aliphatic hydroxyl groups is 1. The Balaban J connectivity index is 1.99. The lowest BCUT2D eigenvalue weighted by Crippen LogP contribution is -2.34. The highest BCUT2D eigenvalue weighted by Crippen LogP contribution is 2.19. The van der Waals surface area contributed by atoms with Crippen LogP contribution in [0.4, 0.5) is 13.2 Å². The van der Waals surface area contributed by atoms with Crippen molar-refractivity contribution >= 4 is 5.91 Å². The highest BCUT2D eigenvalue weighted by atomic mass is 19.2. The average molecular weight is 313 g/mol. The summed E-state index contributed by atoms with van der Waals surface area (Å²) in [6.45, 7) is 1.61. The van der Waals surface area contributed by atoms with Gasteiger partial charge < -0.3 is 14.8 Å². The number of furan rings is 1. The molecule has 118 valence electrons. The molecule has 2 rings (SSSR count). The van der Waals surface area contributed by atoms with Crippen LogP contribution in [0.15, 0.2) is 34.9 Å². The Labute approximate surface area is 124 Å². The second kappa shape index (κ2) is 6.65. The van der Waals surface area contributed by atoms with Gasteiger partial charge >= 0.3 is 0 Å². The summed E-state index contributed by atoms with van der Waals surface area (Å²) < 4.78 is 44.0. The molecule has 1 amide bonds. The molecule has 0 saturated carbocycles. The minimum Gasteiger partial charge on any atom is -0.467 e. The van der Waals surface area contributed by atoms with E-state index in [0.29, 0.717) is 17.9 Å². The van der Waals surface area contributed by atoms with Crippen LogP contribution in [0.3, 0.4) is 0 Å². The molecular weight excluding hydrogens is 299 g/mol. The topological polar surface area (TPSA) is 62.5 Å². The van der Waals surface area contributed by atoms with Gasteiger partial charge in [0.05, 0.1) is 6.26 Å². The fourth-order valence-electron chi connectivity index (χ4n) is 1.98. The van der Waals surface area contributed by atoms with Gasteiger partial charge in [0, 0.05) is 18.0 Å². The summed E-state index contributed by atoms with van der Waals surface area (Å²) >= 11 is 0. The minimum absolute atomic E-state index is 0.144. The molecule has 0 fully saturated rings. The first-order valence-electron chi connectivity index (χ1n) is 6.55. The van der Waals surface area contributed by atoms with Gasteiger partial charge in [-0.15, -0.1) is 0 Å². The quantitative estimate of drug-likeness (QED) is 0.834. The molecule has 22 heavy (non-hydrogen) atoms. The monoisotopic (exact) mass is 313 g/mol. The van der Waals surface area contributed by atoms with Crippen molar-refractivity contribution < 1.29 is 27.5 Å². The van der Waals surface area contributed by atoms with E-state index in [0.717, 1.165) is 0 Å². The van der Waals surface area contributed by atoms with Gasteiger partial charge in [0.15, 0.2) is 17.5 Å². The van der Waals surface area contributed by atoms with Crippen molar-refractivity contribution in [2.24, 2.45) is 0 Å². The van der Waals surface area contributed by atoms with Crippen LogP contribution >= 0.6 is 0 Å². The zero-order valence-corrected chi connectivity index (χ0v) is 11.6. The van der Waals surface area contributed by atoms with Crippen LogP contribution in [0.25, 0.3) is 0 Å². The summed E-state index contributed by atoms with van der Waals surface area (Å²) in [6, 6.07) is 3.94.